The lowest BCUT2D eigenvalue weighted by Gasteiger charge is -2.19. The number of hydrogen-bond acceptors (Lipinski definition) is 5. The second-order valence-corrected chi connectivity index (χ2v) is 6.51. The number of aromatic nitrogens is 1. The fourth-order valence-electron chi connectivity index (χ4n) is 2.98. The van der Waals surface area contributed by atoms with Gasteiger partial charge < -0.3 is 20.1 Å². The molecule has 0 radical (unpaired) electrons. The number of ether oxygens (including phenoxy) is 2. The number of nitrogens with zero attached hydrogens (tertiary/aromatic N) is 1. The summed E-state index contributed by atoms with van der Waals surface area (Å²) >= 11 is 0. The van der Waals surface area contributed by atoms with Crippen molar-refractivity contribution in [2.45, 2.75) is 6.42 Å². The lowest BCUT2D eigenvalue weighted by Crippen LogP contribution is -2.16. The van der Waals surface area contributed by atoms with Gasteiger partial charge in [0, 0.05) is 24.5 Å². The van der Waals surface area contributed by atoms with Gasteiger partial charge in [-0.05, 0) is 42.3 Å². The van der Waals surface area contributed by atoms with Crippen LogP contribution in [0.2, 0.25) is 0 Å². The summed E-state index contributed by atoms with van der Waals surface area (Å²) in [6.45, 7) is 1.54. The summed E-state index contributed by atoms with van der Waals surface area (Å²) in [5, 5.41) is 5.95. The lowest BCUT2D eigenvalue weighted by atomic mass is 10.1. The van der Waals surface area contributed by atoms with Crippen LogP contribution in [0.5, 0.6) is 11.5 Å². The molecule has 148 valence electrons. The van der Waals surface area contributed by atoms with Gasteiger partial charge in [0.25, 0.3) is 5.91 Å². The van der Waals surface area contributed by atoms with E-state index in [9.17, 15) is 9.18 Å². The molecule has 0 saturated heterocycles. The molecule has 3 aromatic rings. The van der Waals surface area contributed by atoms with Crippen LogP contribution in [0.25, 0.3) is 0 Å². The maximum Gasteiger partial charge on any atom is 0.257 e. The predicted molar refractivity (Wildman–Crippen MR) is 108 cm³/mol. The number of carbonyl (C=O) groups excluding carboxylic acids is 1. The molecule has 7 heteroatoms. The summed E-state index contributed by atoms with van der Waals surface area (Å²) in [6, 6.07) is 15.4. The molecule has 1 amide bonds. The van der Waals surface area contributed by atoms with E-state index in [1.54, 1.807) is 42.5 Å². The van der Waals surface area contributed by atoms with Crippen molar-refractivity contribution in [2.24, 2.45) is 0 Å². The minimum absolute atomic E-state index is 0.214. The van der Waals surface area contributed by atoms with Crippen LogP contribution in [0, 0.1) is 5.82 Å². The molecule has 1 aromatic heterocycles. The van der Waals surface area contributed by atoms with Gasteiger partial charge in [-0.2, -0.15) is 0 Å². The zero-order chi connectivity index (χ0) is 20.1. The highest BCUT2D eigenvalue weighted by Gasteiger charge is 2.13. The molecule has 2 aromatic carbocycles. The van der Waals surface area contributed by atoms with E-state index in [0.29, 0.717) is 60.3 Å². The summed E-state index contributed by atoms with van der Waals surface area (Å²) in [5.74, 6) is 1.42. The van der Waals surface area contributed by atoms with E-state index in [1.165, 1.54) is 12.3 Å². The largest absolute Gasteiger partial charge is 0.486 e. The molecule has 0 fully saturated rings. The maximum atomic E-state index is 13.6. The van der Waals surface area contributed by atoms with Crippen molar-refractivity contribution >= 4 is 17.4 Å². The van der Waals surface area contributed by atoms with Gasteiger partial charge >= 0.3 is 0 Å². The summed E-state index contributed by atoms with van der Waals surface area (Å²) in [6.07, 6.45) is 2.04. The van der Waals surface area contributed by atoms with Crippen LogP contribution in [0.15, 0.2) is 60.8 Å². The van der Waals surface area contributed by atoms with Gasteiger partial charge in [-0.25, -0.2) is 9.37 Å². The second kappa shape index (κ2) is 8.60. The van der Waals surface area contributed by atoms with Crippen molar-refractivity contribution in [1.82, 2.24) is 4.98 Å². The maximum absolute atomic E-state index is 13.6. The van der Waals surface area contributed by atoms with Crippen LogP contribution in [-0.4, -0.2) is 30.6 Å². The van der Waals surface area contributed by atoms with E-state index in [4.69, 9.17) is 9.47 Å². The molecule has 0 spiro atoms. The van der Waals surface area contributed by atoms with Gasteiger partial charge in [-0.3, -0.25) is 4.79 Å². The third kappa shape index (κ3) is 4.63. The normalized spacial score (nSPS) is 12.3. The average Bonchev–Trinajstić information content (AvgIpc) is 2.75. The second-order valence-electron chi connectivity index (χ2n) is 6.51. The molecule has 0 saturated carbocycles. The molecule has 2 heterocycles. The van der Waals surface area contributed by atoms with Crippen LogP contribution in [0.3, 0.4) is 0 Å². The molecule has 6 nitrogen and oxygen atoms in total. The first-order chi connectivity index (χ1) is 14.2. The highest BCUT2D eigenvalue weighted by atomic mass is 19.1. The van der Waals surface area contributed by atoms with E-state index in [0.717, 1.165) is 0 Å². The molecule has 0 unspecified atom stereocenters. The number of anilines is 2. The molecule has 29 heavy (non-hydrogen) atoms. The minimum Gasteiger partial charge on any atom is -0.486 e. The van der Waals surface area contributed by atoms with E-state index in [1.807, 2.05) is 6.07 Å². The minimum atomic E-state index is -0.271. The third-order valence-electron chi connectivity index (χ3n) is 4.48. The summed E-state index contributed by atoms with van der Waals surface area (Å²) in [5.41, 5.74) is 1.70. The van der Waals surface area contributed by atoms with Gasteiger partial charge in [0.1, 0.15) is 24.8 Å². The molecular weight excluding hydrogens is 373 g/mol. The summed E-state index contributed by atoms with van der Waals surface area (Å²) < 4.78 is 24.6. The van der Waals surface area contributed by atoms with Gasteiger partial charge in [0.2, 0.25) is 0 Å². The predicted octanol–water partition coefficient (Wildman–Crippen LogP) is 3.90. The van der Waals surface area contributed by atoms with Crippen LogP contribution in [0.1, 0.15) is 15.9 Å². The Hall–Kier alpha value is -3.61. The van der Waals surface area contributed by atoms with E-state index >= 15 is 0 Å². The topological polar surface area (TPSA) is 72.5 Å². The summed E-state index contributed by atoms with van der Waals surface area (Å²) in [4.78, 5) is 16.7. The zero-order valence-corrected chi connectivity index (χ0v) is 15.7. The average molecular weight is 393 g/mol. The highest BCUT2D eigenvalue weighted by molar-refractivity contribution is 6.04. The van der Waals surface area contributed by atoms with Gasteiger partial charge in [-0.1, -0.05) is 18.2 Å². The van der Waals surface area contributed by atoms with Crippen molar-refractivity contribution in [2.75, 3.05) is 30.4 Å². The molecule has 1 aliphatic rings. The number of fused-ring (bicyclic) bond motifs is 1. The smallest absolute Gasteiger partial charge is 0.257 e. The number of halogens is 1. The Morgan fingerprint density at radius 1 is 1.03 bits per heavy atom. The first-order valence-electron chi connectivity index (χ1n) is 9.33. The van der Waals surface area contributed by atoms with Crippen molar-refractivity contribution < 1.29 is 18.7 Å². The summed E-state index contributed by atoms with van der Waals surface area (Å²) in [7, 11) is 0. The Morgan fingerprint density at radius 2 is 1.86 bits per heavy atom. The van der Waals surface area contributed by atoms with Gasteiger partial charge in [0.15, 0.2) is 11.5 Å². The lowest BCUT2D eigenvalue weighted by molar-refractivity contribution is 0.102. The molecule has 0 bridgehead atoms. The first kappa shape index (κ1) is 18.7. The van der Waals surface area contributed by atoms with Crippen molar-refractivity contribution in [3.8, 4) is 11.5 Å². The number of pyridine rings is 1. The Bertz CT molecular complexity index is 1010. The molecule has 4 rings (SSSR count). The zero-order valence-electron chi connectivity index (χ0n) is 15.7. The molecular formula is C22H20FN3O3. The number of benzene rings is 2. The molecule has 0 aliphatic carbocycles. The number of hydrogen-bond donors (Lipinski definition) is 2. The van der Waals surface area contributed by atoms with Crippen molar-refractivity contribution in [1.29, 1.82) is 0 Å². The SMILES string of the molecule is O=C(Nc1ccc2c(c1)OCCO2)c1ccc(NCCc2ccccc2F)nc1. The number of nitrogens with one attached hydrogen (secondary N) is 2. The van der Waals surface area contributed by atoms with E-state index in [-0.39, 0.29) is 11.7 Å². The Morgan fingerprint density at radius 3 is 2.66 bits per heavy atom. The first-order valence-corrected chi connectivity index (χ1v) is 9.33. The molecule has 2 N–H and O–H groups in total. The monoisotopic (exact) mass is 393 g/mol. The van der Waals surface area contributed by atoms with Crippen LogP contribution in [-0.2, 0) is 6.42 Å². The van der Waals surface area contributed by atoms with Crippen LogP contribution in [0.4, 0.5) is 15.9 Å². The quantitative estimate of drug-likeness (QED) is 0.665. The van der Waals surface area contributed by atoms with Crippen molar-refractivity contribution in [3.05, 3.63) is 77.7 Å². The van der Waals surface area contributed by atoms with Gasteiger partial charge in [0.05, 0.1) is 5.56 Å². The number of rotatable bonds is 6. The number of carbonyl (C=O) groups is 1. The molecule has 1 aliphatic heterocycles. The Kier molecular flexibility index (Phi) is 5.56. The van der Waals surface area contributed by atoms with E-state index in [2.05, 4.69) is 15.6 Å². The highest BCUT2D eigenvalue weighted by Crippen LogP contribution is 2.32. The third-order valence-corrected chi connectivity index (χ3v) is 4.48. The number of amides is 1. The van der Waals surface area contributed by atoms with E-state index < -0.39 is 0 Å². The molecule has 0 atom stereocenters. The van der Waals surface area contributed by atoms with Crippen molar-refractivity contribution in [3.63, 3.8) is 0 Å². The fraction of sp³-hybridized carbons (Fsp3) is 0.182. The standard InChI is InChI=1S/C22H20FN3O3/c23-18-4-2-1-3-15(18)9-10-24-21-8-5-16(14-25-21)22(27)26-17-6-7-19-20(13-17)29-12-11-28-19/h1-8,13-14H,9-12H2,(H,24,25)(H,26,27). The van der Waals surface area contributed by atoms with Gasteiger partial charge in [-0.15, -0.1) is 0 Å². The van der Waals surface area contributed by atoms with Crippen LogP contribution < -0.4 is 20.1 Å². The Labute approximate surface area is 167 Å². The van der Waals surface area contributed by atoms with Crippen LogP contribution >= 0.6 is 0 Å². The fourth-order valence-corrected chi connectivity index (χ4v) is 2.98. The Balaban J connectivity index is 1.32.